The van der Waals surface area contributed by atoms with Crippen LogP contribution in [0.4, 0.5) is 0 Å². The lowest BCUT2D eigenvalue weighted by molar-refractivity contribution is -0.949. The molecule has 0 aliphatic carbocycles. The molecule has 25 heavy (non-hydrogen) atoms. The summed E-state index contributed by atoms with van der Waals surface area (Å²) in [6, 6.07) is 9.73. The minimum absolute atomic E-state index is 0. The number of hydrogen-bond donors (Lipinski definition) is 2. The smallest absolute Gasteiger partial charge is 0.316 e. The number of esters is 1. The van der Waals surface area contributed by atoms with Crippen molar-refractivity contribution in [3.63, 3.8) is 0 Å². The molecule has 3 rings (SSSR count). The molecule has 2 saturated heterocycles. The van der Waals surface area contributed by atoms with Gasteiger partial charge in [-0.1, -0.05) is 30.3 Å². The average Bonchev–Trinajstić information content (AvgIpc) is 2.71. The Balaban J connectivity index is 0.00000225. The molecule has 2 fully saturated rings. The molecule has 5 nitrogen and oxygen atoms in total. The second-order valence-corrected chi connectivity index (χ2v) is 7.36. The molecule has 1 aromatic rings. The van der Waals surface area contributed by atoms with Crippen molar-refractivity contribution in [1.82, 2.24) is 0 Å². The fraction of sp³-hybridized carbons (Fsp3) is 0.632. The highest BCUT2D eigenvalue weighted by Crippen LogP contribution is 2.42. The number of likely N-dealkylation sites (N-methyl/N-ethyl adjacent to an activating group) is 1. The van der Waals surface area contributed by atoms with E-state index in [0.29, 0.717) is 12.5 Å². The second kappa shape index (κ2) is 8.04. The largest absolute Gasteiger partial charge is 1.00 e. The van der Waals surface area contributed by atoms with Gasteiger partial charge < -0.3 is 31.8 Å². The number of halogens is 1. The molecule has 2 bridgehead atoms. The topological polar surface area (TPSA) is 66.8 Å². The maximum absolute atomic E-state index is 12.5. The Morgan fingerprint density at radius 1 is 1.28 bits per heavy atom. The average molecular weight is 370 g/mol. The van der Waals surface area contributed by atoms with Gasteiger partial charge in [-0.05, 0) is 12.5 Å². The number of aliphatic hydroxyl groups excluding tert-OH is 2. The van der Waals surface area contributed by atoms with E-state index in [0.717, 1.165) is 29.4 Å². The van der Waals surface area contributed by atoms with Gasteiger partial charge in [0, 0.05) is 19.3 Å². The van der Waals surface area contributed by atoms with Crippen molar-refractivity contribution >= 4 is 5.97 Å². The molecule has 6 heteroatoms. The van der Waals surface area contributed by atoms with Crippen LogP contribution >= 0.6 is 0 Å². The summed E-state index contributed by atoms with van der Waals surface area (Å²) in [5.74, 6) is -1.00. The number of nitrogens with zero attached hydrogens (tertiary/aromatic N) is 1. The molecule has 2 aliphatic heterocycles. The zero-order valence-corrected chi connectivity index (χ0v) is 15.6. The van der Waals surface area contributed by atoms with Gasteiger partial charge in [-0.3, -0.25) is 4.79 Å². The summed E-state index contributed by atoms with van der Waals surface area (Å²) >= 11 is 0. The van der Waals surface area contributed by atoms with E-state index in [9.17, 15) is 15.0 Å². The number of carbonyl (C=O) groups excluding carboxylic acids is 1. The Bertz CT molecular complexity index is 584. The highest BCUT2D eigenvalue weighted by molar-refractivity contribution is 5.78. The number of fused-ring (bicyclic) bond motifs is 2. The summed E-state index contributed by atoms with van der Waals surface area (Å²) in [7, 11) is 2.20. The molecular weight excluding hydrogens is 342 g/mol. The SMILES string of the molecule is CC[N+]1(C)C2CC(OC(=O)C(CO)c3ccccc3)CC1C(O)C2.[Cl-]. The summed E-state index contributed by atoms with van der Waals surface area (Å²) < 4.78 is 6.62. The van der Waals surface area contributed by atoms with Crippen molar-refractivity contribution in [2.24, 2.45) is 0 Å². The molecule has 2 aliphatic rings. The first-order chi connectivity index (χ1) is 11.5. The first kappa shape index (κ1) is 20.2. The molecule has 0 aromatic heterocycles. The maximum atomic E-state index is 12.5. The van der Waals surface area contributed by atoms with Crippen molar-refractivity contribution in [2.45, 2.75) is 56.4 Å². The highest BCUT2D eigenvalue weighted by atomic mass is 35.5. The number of ether oxygens (including phenoxy) is 1. The van der Waals surface area contributed by atoms with Crippen LogP contribution in [-0.4, -0.2) is 65.2 Å². The number of rotatable bonds is 5. The number of benzene rings is 1. The maximum Gasteiger partial charge on any atom is 0.316 e. The minimum atomic E-state index is -0.636. The van der Waals surface area contributed by atoms with E-state index in [1.807, 2.05) is 30.3 Å². The van der Waals surface area contributed by atoms with Crippen molar-refractivity contribution in [3.05, 3.63) is 35.9 Å². The second-order valence-electron chi connectivity index (χ2n) is 7.36. The summed E-state index contributed by atoms with van der Waals surface area (Å²) in [6.45, 7) is 2.88. The van der Waals surface area contributed by atoms with E-state index >= 15 is 0 Å². The predicted octanol–water partition coefficient (Wildman–Crippen LogP) is -1.56. The fourth-order valence-electron chi connectivity index (χ4n) is 4.58. The third kappa shape index (κ3) is 3.70. The van der Waals surface area contributed by atoms with E-state index in [1.54, 1.807) is 0 Å². The van der Waals surface area contributed by atoms with Crippen LogP contribution < -0.4 is 12.4 Å². The molecule has 6 atom stereocenters. The molecule has 0 amide bonds. The van der Waals surface area contributed by atoms with Crippen molar-refractivity contribution in [1.29, 1.82) is 0 Å². The van der Waals surface area contributed by atoms with Gasteiger partial charge in [0.05, 0.1) is 26.2 Å². The van der Waals surface area contributed by atoms with Gasteiger partial charge in [0.15, 0.2) is 0 Å². The Morgan fingerprint density at radius 3 is 2.52 bits per heavy atom. The molecule has 0 saturated carbocycles. The summed E-state index contributed by atoms with van der Waals surface area (Å²) in [6.07, 6.45) is 1.79. The van der Waals surface area contributed by atoms with Gasteiger partial charge >= 0.3 is 5.97 Å². The Morgan fingerprint density at radius 2 is 1.96 bits per heavy atom. The Kier molecular flexibility index (Phi) is 6.49. The first-order valence-electron chi connectivity index (χ1n) is 8.88. The number of piperidine rings is 1. The number of carbonyl (C=O) groups is 1. The molecule has 2 N–H and O–H groups in total. The quantitative estimate of drug-likeness (QED) is 0.487. The van der Waals surface area contributed by atoms with E-state index in [-0.39, 0.29) is 43.2 Å². The third-order valence-corrected chi connectivity index (χ3v) is 6.22. The highest BCUT2D eigenvalue weighted by Gasteiger charge is 2.56. The molecule has 1 aromatic carbocycles. The van der Waals surface area contributed by atoms with Crippen LogP contribution in [0.25, 0.3) is 0 Å². The number of quaternary nitrogens is 1. The lowest BCUT2D eigenvalue weighted by Gasteiger charge is -2.46. The van der Waals surface area contributed by atoms with Gasteiger partial charge in [-0.25, -0.2) is 0 Å². The lowest BCUT2D eigenvalue weighted by Crippen LogP contribution is -3.00. The lowest BCUT2D eigenvalue weighted by atomic mass is 9.95. The summed E-state index contributed by atoms with van der Waals surface area (Å²) in [4.78, 5) is 12.5. The van der Waals surface area contributed by atoms with Crippen LogP contribution in [0.15, 0.2) is 30.3 Å². The van der Waals surface area contributed by atoms with Gasteiger partial charge in [0.1, 0.15) is 24.2 Å². The van der Waals surface area contributed by atoms with Gasteiger partial charge in [-0.2, -0.15) is 0 Å². The van der Waals surface area contributed by atoms with Crippen LogP contribution in [0.5, 0.6) is 0 Å². The molecule has 140 valence electrons. The van der Waals surface area contributed by atoms with Crippen LogP contribution in [0.2, 0.25) is 0 Å². The van der Waals surface area contributed by atoms with Crippen molar-refractivity contribution < 1.29 is 36.6 Å². The van der Waals surface area contributed by atoms with Gasteiger partial charge in [0.25, 0.3) is 0 Å². The van der Waals surface area contributed by atoms with Crippen LogP contribution in [0, 0.1) is 0 Å². The van der Waals surface area contributed by atoms with Crippen LogP contribution in [-0.2, 0) is 9.53 Å². The van der Waals surface area contributed by atoms with Crippen LogP contribution in [0.3, 0.4) is 0 Å². The molecule has 0 spiro atoms. The minimum Gasteiger partial charge on any atom is -1.00 e. The van der Waals surface area contributed by atoms with Gasteiger partial charge in [-0.15, -0.1) is 0 Å². The Hall–Kier alpha value is -1.14. The molecule has 2 heterocycles. The predicted molar refractivity (Wildman–Crippen MR) is 90.3 cm³/mol. The standard InChI is InChI=1S/C19H28NO4.ClH/c1-3-20(2)14-9-15(11-17(20)18(22)10-14)24-19(23)16(12-21)13-7-5-4-6-8-13;/h4-8,14-18,21-22H,3,9-12H2,1-2H3;1H/q+1;/p-1. The molecule has 0 radical (unpaired) electrons. The van der Waals surface area contributed by atoms with E-state index < -0.39 is 5.92 Å². The zero-order valence-electron chi connectivity index (χ0n) is 14.8. The van der Waals surface area contributed by atoms with Crippen LogP contribution in [0.1, 0.15) is 37.7 Å². The van der Waals surface area contributed by atoms with E-state index in [1.165, 1.54) is 0 Å². The monoisotopic (exact) mass is 369 g/mol. The van der Waals surface area contributed by atoms with E-state index in [2.05, 4.69) is 14.0 Å². The van der Waals surface area contributed by atoms with Gasteiger partial charge in [0.2, 0.25) is 0 Å². The zero-order chi connectivity index (χ0) is 17.3. The van der Waals surface area contributed by atoms with Crippen molar-refractivity contribution in [2.75, 3.05) is 20.2 Å². The number of aliphatic hydroxyl groups is 2. The van der Waals surface area contributed by atoms with Crippen molar-refractivity contribution in [3.8, 4) is 0 Å². The summed E-state index contributed by atoms with van der Waals surface area (Å²) in [5.41, 5.74) is 0.776. The third-order valence-electron chi connectivity index (χ3n) is 6.22. The fourth-order valence-corrected chi connectivity index (χ4v) is 4.58. The Labute approximate surface area is 155 Å². The number of hydrogen-bond acceptors (Lipinski definition) is 4. The molecule has 6 unspecified atom stereocenters. The first-order valence-corrected chi connectivity index (χ1v) is 8.88. The normalized spacial score (nSPS) is 34.9. The van der Waals surface area contributed by atoms with E-state index in [4.69, 9.17) is 4.74 Å². The summed E-state index contributed by atoms with van der Waals surface area (Å²) in [5, 5.41) is 20.0. The molecular formula is C19H28ClNO4.